The molecule has 0 saturated carbocycles. The van der Waals surface area contributed by atoms with Gasteiger partial charge < -0.3 is 10.2 Å². The number of hydrogen-bond acceptors (Lipinski definition) is 3. The van der Waals surface area contributed by atoms with Gasteiger partial charge in [0.2, 0.25) is 0 Å². The average molecular weight is 275 g/mol. The fraction of sp³-hybridized carbons (Fsp3) is 0.625. The van der Waals surface area contributed by atoms with Gasteiger partial charge >= 0.3 is 0 Å². The summed E-state index contributed by atoms with van der Waals surface area (Å²) in [6.07, 6.45) is 6.40. The maximum atomic E-state index is 12.7. The number of piperidine rings is 1. The van der Waals surface area contributed by atoms with Gasteiger partial charge in [0.1, 0.15) is 0 Å². The first kappa shape index (κ1) is 15.0. The van der Waals surface area contributed by atoms with E-state index in [0.29, 0.717) is 6.04 Å². The summed E-state index contributed by atoms with van der Waals surface area (Å²) in [5.41, 5.74) is 1.55. The van der Waals surface area contributed by atoms with Crippen LogP contribution in [0.15, 0.2) is 18.3 Å². The lowest BCUT2D eigenvalue weighted by molar-refractivity contribution is 0.0730. The van der Waals surface area contributed by atoms with Crippen LogP contribution in [0.25, 0.3) is 0 Å². The molecule has 1 fully saturated rings. The molecule has 1 unspecified atom stereocenters. The fourth-order valence-electron chi connectivity index (χ4n) is 2.77. The Hall–Kier alpha value is -1.42. The van der Waals surface area contributed by atoms with Crippen molar-refractivity contribution in [3.05, 3.63) is 29.6 Å². The molecule has 1 aromatic rings. The molecule has 20 heavy (non-hydrogen) atoms. The molecule has 1 aromatic heterocycles. The van der Waals surface area contributed by atoms with E-state index in [9.17, 15) is 4.79 Å². The lowest BCUT2D eigenvalue weighted by Gasteiger charge is -2.30. The van der Waals surface area contributed by atoms with Gasteiger partial charge in [-0.05, 0) is 44.9 Å². The van der Waals surface area contributed by atoms with Crippen molar-refractivity contribution in [2.24, 2.45) is 0 Å². The topological polar surface area (TPSA) is 45.2 Å². The van der Waals surface area contributed by atoms with Gasteiger partial charge in [0.05, 0.1) is 5.56 Å². The molecule has 2 rings (SSSR count). The second kappa shape index (κ2) is 7.39. The maximum absolute atomic E-state index is 12.7. The number of carbonyl (C=O) groups is 1. The monoisotopic (exact) mass is 275 g/mol. The third-order valence-corrected chi connectivity index (χ3v) is 3.87. The Morgan fingerprint density at radius 3 is 3.00 bits per heavy atom. The molecular weight excluding hydrogens is 250 g/mol. The molecule has 1 aliphatic heterocycles. The van der Waals surface area contributed by atoms with Crippen molar-refractivity contribution in [1.29, 1.82) is 0 Å². The molecule has 4 heteroatoms. The lowest BCUT2D eigenvalue weighted by Crippen LogP contribution is -2.46. The lowest BCUT2D eigenvalue weighted by atomic mass is 10.0. The number of nitrogens with one attached hydrogen (secondary N) is 1. The molecule has 1 amide bonds. The van der Waals surface area contributed by atoms with Crippen LogP contribution >= 0.6 is 0 Å². The summed E-state index contributed by atoms with van der Waals surface area (Å²) in [5.74, 6) is 0.116. The van der Waals surface area contributed by atoms with Crippen LogP contribution in [0.5, 0.6) is 0 Å². The predicted molar refractivity (Wildman–Crippen MR) is 80.8 cm³/mol. The molecular formula is C16H25N3O. The molecule has 1 N–H and O–H groups in total. The number of aryl methyl sites for hydroxylation is 1. The summed E-state index contributed by atoms with van der Waals surface area (Å²) in [4.78, 5) is 18.9. The van der Waals surface area contributed by atoms with Gasteiger partial charge in [-0.25, -0.2) is 0 Å². The van der Waals surface area contributed by atoms with Gasteiger partial charge in [0, 0.05) is 31.0 Å². The standard InChI is InChI=1S/C16H25N3O/c1-3-11-19(12-14-7-4-5-9-18-14)16(20)15-8-6-10-17-13(15)2/h6,8,10,14,18H,3-5,7,9,11-12H2,1-2H3. The molecule has 2 heterocycles. The van der Waals surface area contributed by atoms with Gasteiger partial charge in [0.25, 0.3) is 5.91 Å². The Labute approximate surface area is 121 Å². The number of pyridine rings is 1. The predicted octanol–water partition coefficient (Wildman–Crippen LogP) is 2.38. The van der Waals surface area contributed by atoms with Crippen molar-refractivity contribution in [2.75, 3.05) is 19.6 Å². The molecule has 1 saturated heterocycles. The number of aromatic nitrogens is 1. The van der Waals surface area contributed by atoms with E-state index in [1.54, 1.807) is 6.20 Å². The first-order valence-electron chi connectivity index (χ1n) is 7.66. The van der Waals surface area contributed by atoms with Crippen LogP contribution in [0, 0.1) is 6.92 Å². The van der Waals surface area contributed by atoms with Crippen molar-refractivity contribution in [3.63, 3.8) is 0 Å². The minimum atomic E-state index is 0.116. The summed E-state index contributed by atoms with van der Waals surface area (Å²) >= 11 is 0. The van der Waals surface area contributed by atoms with Crippen LogP contribution in [-0.4, -0.2) is 41.5 Å². The molecule has 0 aromatic carbocycles. The van der Waals surface area contributed by atoms with E-state index in [4.69, 9.17) is 0 Å². The van der Waals surface area contributed by atoms with Gasteiger partial charge in [-0.1, -0.05) is 13.3 Å². The highest BCUT2D eigenvalue weighted by atomic mass is 16.2. The van der Waals surface area contributed by atoms with Crippen molar-refractivity contribution in [1.82, 2.24) is 15.2 Å². The zero-order chi connectivity index (χ0) is 14.4. The Kier molecular flexibility index (Phi) is 5.53. The molecule has 4 nitrogen and oxygen atoms in total. The minimum absolute atomic E-state index is 0.116. The second-order valence-electron chi connectivity index (χ2n) is 5.53. The first-order valence-corrected chi connectivity index (χ1v) is 7.66. The number of carbonyl (C=O) groups excluding carboxylic acids is 1. The molecule has 1 atom stereocenters. The molecule has 0 spiro atoms. The number of amides is 1. The van der Waals surface area contributed by atoms with E-state index in [1.165, 1.54) is 19.3 Å². The number of hydrogen-bond donors (Lipinski definition) is 1. The Morgan fingerprint density at radius 2 is 2.35 bits per heavy atom. The molecule has 110 valence electrons. The van der Waals surface area contributed by atoms with Crippen molar-refractivity contribution < 1.29 is 4.79 Å². The molecule has 0 radical (unpaired) electrons. The average Bonchev–Trinajstić information content (AvgIpc) is 2.48. The van der Waals surface area contributed by atoms with Crippen molar-refractivity contribution >= 4 is 5.91 Å². The zero-order valence-electron chi connectivity index (χ0n) is 12.6. The van der Waals surface area contributed by atoms with E-state index >= 15 is 0 Å². The molecule has 0 aliphatic carbocycles. The zero-order valence-corrected chi connectivity index (χ0v) is 12.6. The van der Waals surface area contributed by atoms with Gasteiger partial charge in [-0.3, -0.25) is 9.78 Å². The SMILES string of the molecule is CCCN(CC1CCCCN1)C(=O)c1cccnc1C. The van der Waals surface area contributed by atoms with Crippen LogP contribution in [0.3, 0.4) is 0 Å². The minimum Gasteiger partial charge on any atom is -0.337 e. The maximum Gasteiger partial charge on any atom is 0.255 e. The van der Waals surface area contributed by atoms with Crippen LogP contribution in [0.2, 0.25) is 0 Å². The van der Waals surface area contributed by atoms with Crippen molar-refractivity contribution in [2.45, 2.75) is 45.6 Å². The molecule has 0 bridgehead atoms. The Morgan fingerprint density at radius 1 is 1.50 bits per heavy atom. The summed E-state index contributed by atoms with van der Waals surface area (Å²) < 4.78 is 0. The van der Waals surface area contributed by atoms with E-state index in [1.807, 2.05) is 24.0 Å². The fourth-order valence-corrected chi connectivity index (χ4v) is 2.77. The van der Waals surface area contributed by atoms with Crippen LogP contribution in [0.4, 0.5) is 0 Å². The van der Waals surface area contributed by atoms with Crippen LogP contribution in [-0.2, 0) is 0 Å². The second-order valence-corrected chi connectivity index (χ2v) is 5.53. The summed E-state index contributed by atoms with van der Waals surface area (Å²) in [7, 11) is 0. The van der Waals surface area contributed by atoms with Crippen molar-refractivity contribution in [3.8, 4) is 0 Å². The summed E-state index contributed by atoms with van der Waals surface area (Å²) in [6.45, 7) is 6.71. The quantitative estimate of drug-likeness (QED) is 0.897. The number of rotatable bonds is 5. The number of nitrogens with zero attached hydrogens (tertiary/aromatic N) is 2. The highest BCUT2D eigenvalue weighted by Crippen LogP contribution is 2.13. The van der Waals surface area contributed by atoms with Gasteiger partial charge in [-0.2, -0.15) is 0 Å². The van der Waals surface area contributed by atoms with E-state index < -0.39 is 0 Å². The Bertz CT molecular complexity index is 441. The third-order valence-electron chi connectivity index (χ3n) is 3.87. The third kappa shape index (κ3) is 3.79. The normalized spacial score (nSPS) is 18.8. The Balaban J connectivity index is 2.07. The van der Waals surface area contributed by atoms with Gasteiger partial charge in [-0.15, -0.1) is 0 Å². The summed E-state index contributed by atoms with van der Waals surface area (Å²) in [6, 6.07) is 4.15. The molecule has 1 aliphatic rings. The van der Waals surface area contributed by atoms with E-state index in [-0.39, 0.29) is 5.91 Å². The van der Waals surface area contributed by atoms with E-state index in [0.717, 1.165) is 37.3 Å². The highest BCUT2D eigenvalue weighted by Gasteiger charge is 2.22. The largest absolute Gasteiger partial charge is 0.337 e. The highest BCUT2D eigenvalue weighted by molar-refractivity contribution is 5.95. The summed E-state index contributed by atoms with van der Waals surface area (Å²) in [5, 5.41) is 3.52. The van der Waals surface area contributed by atoms with Crippen LogP contribution < -0.4 is 5.32 Å². The first-order chi connectivity index (χ1) is 9.72. The van der Waals surface area contributed by atoms with Crippen LogP contribution in [0.1, 0.15) is 48.7 Å². The van der Waals surface area contributed by atoms with E-state index in [2.05, 4.69) is 17.2 Å². The van der Waals surface area contributed by atoms with Gasteiger partial charge in [0.15, 0.2) is 0 Å². The smallest absolute Gasteiger partial charge is 0.255 e.